The van der Waals surface area contributed by atoms with Crippen molar-refractivity contribution in [2.75, 3.05) is 0 Å². The van der Waals surface area contributed by atoms with Crippen LogP contribution >= 0.6 is 11.3 Å². The zero-order valence-electron chi connectivity index (χ0n) is 9.41. The van der Waals surface area contributed by atoms with Gasteiger partial charge < -0.3 is 4.79 Å². The molecule has 0 bridgehead atoms. The van der Waals surface area contributed by atoms with Crippen molar-refractivity contribution < 1.29 is 4.79 Å². The van der Waals surface area contributed by atoms with Gasteiger partial charge in [-0.05, 0) is 13.8 Å². The fourth-order valence-electron chi connectivity index (χ4n) is 1.32. The zero-order valence-corrected chi connectivity index (χ0v) is 10.2. The van der Waals surface area contributed by atoms with Gasteiger partial charge in [-0.2, -0.15) is 10.4 Å². The Morgan fingerprint density at radius 3 is 2.88 bits per heavy atom. The number of hydrogen-bond acceptors (Lipinski definition) is 5. The Labute approximate surface area is 102 Å². The molecule has 0 N–H and O–H groups in total. The second-order valence-corrected chi connectivity index (χ2v) is 4.81. The molecule has 0 fully saturated rings. The first-order valence-electron chi connectivity index (χ1n) is 4.93. The highest BCUT2D eigenvalue weighted by molar-refractivity contribution is 7.07. The van der Waals surface area contributed by atoms with E-state index in [4.69, 9.17) is 5.26 Å². The molecule has 0 unspecified atom stereocenters. The maximum Gasteiger partial charge on any atom is 0.147 e. The monoisotopic (exact) mass is 246 g/mol. The van der Waals surface area contributed by atoms with Crippen LogP contribution in [0.4, 0.5) is 0 Å². The number of aldehydes is 1. The summed E-state index contributed by atoms with van der Waals surface area (Å²) in [6.07, 6.45) is 2.37. The Hall–Kier alpha value is -2.00. The molecule has 0 atom stereocenters. The third kappa shape index (κ3) is 1.97. The molecule has 17 heavy (non-hydrogen) atoms. The second kappa shape index (κ2) is 4.11. The van der Waals surface area contributed by atoms with Crippen LogP contribution in [0.1, 0.15) is 19.4 Å². The number of carbonyl (C=O) groups is 1. The molecule has 5 nitrogen and oxygen atoms in total. The molecule has 0 saturated carbocycles. The molecule has 0 spiro atoms. The van der Waals surface area contributed by atoms with Crippen molar-refractivity contribution in [3.8, 4) is 17.5 Å². The van der Waals surface area contributed by atoms with Gasteiger partial charge in [-0.15, -0.1) is 11.3 Å². The maximum absolute atomic E-state index is 11.0. The van der Waals surface area contributed by atoms with Crippen LogP contribution < -0.4 is 0 Å². The third-order valence-electron chi connectivity index (χ3n) is 2.39. The highest BCUT2D eigenvalue weighted by Crippen LogP contribution is 2.23. The topological polar surface area (TPSA) is 71.6 Å². The summed E-state index contributed by atoms with van der Waals surface area (Å²) in [4.78, 5) is 15.1. The summed E-state index contributed by atoms with van der Waals surface area (Å²) in [7, 11) is 0. The Morgan fingerprint density at radius 2 is 2.35 bits per heavy atom. The molecule has 2 heterocycles. The van der Waals surface area contributed by atoms with E-state index in [2.05, 4.69) is 16.2 Å². The van der Waals surface area contributed by atoms with Gasteiger partial charge in [0.2, 0.25) is 0 Å². The van der Waals surface area contributed by atoms with E-state index in [1.807, 2.05) is 5.38 Å². The Bertz CT molecular complexity index is 577. The predicted octanol–water partition coefficient (Wildman–Crippen LogP) is 1.81. The van der Waals surface area contributed by atoms with E-state index in [1.54, 1.807) is 25.6 Å². The molecular formula is C11H10N4OS. The first-order valence-corrected chi connectivity index (χ1v) is 5.88. The maximum atomic E-state index is 11.0. The van der Waals surface area contributed by atoms with Crippen LogP contribution in [0.5, 0.6) is 0 Å². The summed E-state index contributed by atoms with van der Waals surface area (Å²) in [5.41, 5.74) is 2.52. The second-order valence-electron chi connectivity index (χ2n) is 4.09. The van der Waals surface area contributed by atoms with Crippen molar-refractivity contribution in [2.45, 2.75) is 19.4 Å². The molecule has 0 aliphatic carbocycles. The van der Waals surface area contributed by atoms with Crippen LogP contribution in [0.15, 0.2) is 17.1 Å². The van der Waals surface area contributed by atoms with Gasteiger partial charge in [-0.25, -0.2) is 4.98 Å². The summed E-state index contributed by atoms with van der Waals surface area (Å²) in [5, 5.41) is 15.1. The van der Waals surface area contributed by atoms with Gasteiger partial charge >= 0.3 is 0 Å². The van der Waals surface area contributed by atoms with Crippen LogP contribution in [-0.2, 0) is 10.3 Å². The smallest absolute Gasteiger partial charge is 0.147 e. The molecule has 0 saturated heterocycles. The summed E-state index contributed by atoms with van der Waals surface area (Å²) in [6, 6.07) is 2.07. The first kappa shape index (κ1) is 11.5. The van der Waals surface area contributed by atoms with Gasteiger partial charge in [0.05, 0.1) is 11.1 Å². The number of thiazole rings is 1. The molecule has 86 valence electrons. The number of rotatable bonds is 3. The van der Waals surface area contributed by atoms with Crippen LogP contribution in [0, 0.1) is 11.3 Å². The highest BCUT2D eigenvalue weighted by atomic mass is 32.1. The van der Waals surface area contributed by atoms with Crippen molar-refractivity contribution in [1.29, 1.82) is 5.26 Å². The number of carbonyl (C=O) groups excluding carboxylic acids is 1. The fraction of sp³-hybridized carbons (Fsp3) is 0.273. The van der Waals surface area contributed by atoms with Crippen LogP contribution in [0.3, 0.4) is 0 Å². The molecule has 0 radical (unpaired) electrons. The van der Waals surface area contributed by atoms with Gasteiger partial charge in [0.15, 0.2) is 0 Å². The zero-order chi connectivity index (χ0) is 12.5. The predicted molar refractivity (Wildman–Crippen MR) is 63.4 cm³/mol. The summed E-state index contributed by atoms with van der Waals surface area (Å²) < 4.78 is 1.49. The largest absolute Gasteiger partial charge is 0.301 e. The van der Waals surface area contributed by atoms with Crippen molar-refractivity contribution in [3.63, 3.8) is 0 Å². The number of hydrogen-bond donors (Lipinski definition) is 0. The lowest BCUT2D eigenvalue weighted by Crippen LogP contribution is -2.28. The SMILES string of the molecule is CC(C)(C=O)n1cc(C#N)c(-c2cscn2)n1. The van der Waals surface area contributed by atoms with E-state index < -0.39 is 5.54 Å². The van der Waals surface area contributed by atoms with Gasteiger partial charge in [0, 0.05) is 11.6 Å². The lowest BCUT2D eigenvalue weighted by Gasteiger charge is -2.16. The van der Waals surface area contributed by atoms with Crippen molar-refractivity contribution in [2.24, 2.45) is 0 Å². The Morgan fingerprint density at radius 1 is 1.59 bits per heavy atom. The van der Waals surface area contributed by atoms with Crippen LogP contribution in [0.25, 0.3) is 11.4 Å². The minimum absolute atomic E-state index is 0.422. The fourth-order valence-corrected chi connectivity index (χ4v) is 1.86. The summed E-state index contributed by atoms with van der Waals surface area (Å²) >= 11 is 1.44. The van der Waals surface area contributed by atoms with E-state index in [-0.39, 0.29) is 0 Å². The molecule has 2 aromatic heterocycles. The lowest BCUT2D eigenvalue weighted by atomic mass is 10.1. The lowest BCUT2D eigenvalue weighted by molar-refractivity contribution is -0.114. The van der Waals surface area contributed by atoms with E-state index in [9.17, 15) is 4.79 Å². The number of nitrogens with zero attached hydrogens (tertiary/aromatic N) is 4. The standard InChI is InChI=1S/C11H10N4OS/c1-11(2,6-16)15-4-8(3-12)10(14-15)9-5-17-7-13-9/h4-7H,1-2H3. The third-order valence-corrected chi connectivity index (χ3v) is 2.97. The van der Waals surface area contributed by atoms with Crippen molar-refractivity contribution in [1.82, 2.24) is 14.8 Å². The molecule has 2 aromatic rings. The van der Waals surface area contributed by atoms with Crippen LogP contribution in [0.2, 0.25) is 0 Å². The summed E-state index contributed by atoms with van der Waals surface area (Å²) in [6.45, 7) is 3.47. The van der Waals surface area contributed by atoms with Gasteiger partial charge in [0.25, 0.3) is 0 Å². The highest BCUT2D eigenvalue weighted by Gasteiger charge is 2.23. The van der Waals surface area contributed by atoms with Crippen LogP contribution in [-0.4, -0.2) is 21.1 Å². The van der Waals surface area contributed by atoms with Crippen molar-refractivity contribution in [3.05, 3.63) is 22.7 Å². The first-order chi connectivity index (χ1) is 8.08. The molecule has 0 amide bonds. The molecule has 0 aliphatic rings. The molecule has 2 rings (SSSR count). The van der Waals surface area contributed by atoms with Crippen molar-refractivity contribution >= 4 is 17.6 Å². The van der Waals surface area contributed by atoms with Gasteiger partial charge in [-0.3, -0.25) is 4.68 Å². The minimum Gasteiger partial charge on any atom is -0.301 e. The summed E-state index contributed by atoms with van der Waals surface area (Å²) in [5.74, 6) is 0. The molecular weight excluding hydrogens is 236 g/mol. The minimum atomic E-state index is -0.764. The Kier molecular flexibility index (Phi) is 2.77. The van der Waals surface area contributed by atoms with E-state index in [0.29, 0.717) is 17.0 Å². The average Bonchev–Trinajstić information content (AvgIpc) is 2.97. The van der Waals surface area contributed by atoms with Gasteiger partial charge in [-0.1, -0.05) is 0 Å². The molecule has 0 aliphatic heterocycles. The number of aromatic nitrogens is 3. The normalized spacial score (nSPS) is 11.1. The Balaban J connectivity index is 2.56. The molecule has 0 aromatic carbocycles. The quantitative estimate of drug-likeness (QED) is 0.774. The van der Waals surface area contributed by atoms with E-state index in [1.165, 1.54) is 16.0 Å². The van der Waals surface area contributed by atoms with E-state index in [0.717, 1.165) is 6.29 Å². The average molecular weight is 246 g/mol. The molecule has 6 heteroatoms. The van der Waals surface area contributed by atoms with E-state index >= 15 is 0 Å². The number of nitriles is 1. The van der Waals surface area contributed by atoms with Gasteiger partial charge in [0.1, 0.15) is 29.3 Å².